The summed E-state index contributed by atoms with van der Waals surface area (Å²) in [6.07, 6.45) is 1.71. The molecule has 0 atom stereocenters. The molecule has 1 aromatic carbocycles. The number of hydrogen-bond acceptors (Lipinski definition) is 5. The molecule has 0 saturated heterocycles. The highest BCUT2D eigenvalue weighted by molar-refractivity contribution is 5.97. The smallest absolute Gasteiger partial charge is 0.170 e. The van der Waals surface area contributed by atoms with Crippen LogP contribution >= 0.6 is 0 Å². The molecule has 7 nitrogen and oxygen atoms in total. The van der Waals surface area contributed by atoms with Crippen LogP contribution in [0.15, 0.2) is 29.7 Å². The summed E-state index contributed by atoms with van der Waals surface area (Å²) in [5.74, 6) is 0.410. The summed E-state index contributed by atoms with van der Waals surface area (Å²) >= 11 is 0. The van der Waals surface area contributed by atoms with Crippen LogP contribution in [0.2, 0.25) is 0 Å². The van der Waals surface area contributed by atoms with Gasteiger partial charge in [-0.2, -0.15) is 0 Å². The molecule has 3 rings (SSSR count). The standard InChI is InChI=1S/C13H15FN6O/c14-11-5-9(13(15)18-21)1-2-10(11)6-19-3-4-20-8-16-17-12(20)7-19/h1-2,5,8,21H,3-4,6-7H2,(H2,15,18). The average molecular weight is 290 g/mol. The molecule has 0 radical (unpaired) electrons. The molecule has 0 saturated carbocycles. The van der Waals surface area contributed by atoms with Gasteiger partial charge in [-0.15, -0.1) is 10.2 Å². The maximum atomic E-state index is 14.1. The highest BCUT2D eigenvalue weighted by Crippen LogP contribution is 2.16. The van der Waals surface area contributed by atoms with Crippen LogP contribution in [0.4, 0.5) is 4.39 Å². The highest BCUT2D eigenvalue weighted by atomic mass is 19.1. The molecule has 1 aliphatic heterocycles. The number of rotatable bonds is 3. The monoisotopic (exact) mass is 290 g/mol. The summed E-state index contributed by atoms with van der Waals surface area (Å²) in [6, 6.07) is 4.57. The summed E-state index contributed by atoms with van der Waals surface area (Å²) in [7, 11) is 0. The van der Waals surface area contributed by atoms with E-state index in [1.54, 1.807) is 18.5 Å². The molecule has 0 unspecified atom stereocenters. The normalized spacial score (nSPS) is 16.0. The minimum Gasteiger partial charge on any atom is -0.409 e. The SMILES string of the molecule is NC(=NO)c1ccc(CN2CCn3cnnc3C2)c(F)c1. The number of halogens is 1. The quantitative estimate of drug-likeness (QED) is 0.372. The summed E-state index contributed by atoms with van der Waals surface area (Å²) in [5.41, 5.74) is 6.37. The number of hydrogen-bond donors (Lipinski definition) is 2. The number of benzene rings is 1. The third kappa shape index (κ3) is 2.70. The highest BCUT2D eigenvalue weighted by Gasteiger charge is 2.18. The van der Waals surface area contributed by atoms with Crippen LogP contribution in [0, 0.1) is 5.82 Å². The number of fused-ring (bicyclic) bond motifs is 1. The first-order valence-electron chi connectivity index (χ1n) is 6.52. The van der Waals surface area contributed by atoms with Crippen molar-refractivity contribution in [3.8, 4) is 0 Å². The van der Waals surface area contributed by atoms with Crippen LogP contribution in [0.3, 0.4) is 0 Å². The molecular weight excluding hydrogens is 275 g/mol. The van der Waals surface area contributed by atoms with Gasteiger partial charge in [0.05, 0.1) is 6.54 Å². The second-order valence-corrected chi connectivity index (χ2v) is 4.94. The van der Waals surface area contributed by atoms with E-state index < -0.39 is 0 Å². The Kier molecular flexibility index (Phi) is 3.53. The molecule has 0 fully saturated rings. The van der Waals surface area contributed by atoms with Crippen molar-refractivity contribution in [2.75, 3.05) is 6.54 Å². The van der Waals surface area contributed by atoms with Crippen molar-refractivity contribution in [2.45, 2.75) is 19.6 Å². The van der Waals surface area contributed by atoms with Crippen molar-refractivity contribution in [3.63, 3.8) is 0 Å². The topological polar surface area (TPSA) is 92.6 Å². The Morgan fingerprint density at radius 1 is 1.43 bits per heavy atom. The van der Waals surface area contributed by atoms with Crippen LogP contribution < -0.4 is 5.73 Å². The van der Waals surface area contributed by atoms with Crippen LogP contribution in [0.1, 0.15) is 17.0 Å². The van der Waals surface area contributed by atoms with E-state index in [4.69, 9.17) is 10.9 Å². The Labute approximate surface area is 120 Å². The van der Waals surface area contributed by atoms with Crippen LogP contribution in [0.25, 0.3) is 0 Å². The second-order valence-electron chi connectivity index (χ2n) is 4.94. The summed E-state index contributed by atoms with van der Waals surface area (Å²) < 4.78 is 16.1. The van der Waals surface area contributed by atoms with Crippen molar-refractivity contribution in [2.24, 2.45) is 10.9 Å². The molecule has 110 valence electrons. The lowest BCUT2D eigenvalue weighted by Gasteiger charge is -2.27. The van der Waals surface area contributed by atoms with E-state index in [1.807, 2.05) is 4.57 Å². The Balaban J connectivity index is 1.74. The van der Waals surface area contributed by atoms with E-state index in [0.717, 1.165) is 18.9 Å². The molecule has 1 aromatic heterocycles. The zero-order valence-corrected chi connectivity index (χ0v) is 11.3. The summed E-state index contributed by atoms with van der Waals surface area (Å²) in [5, 5.41) is 19.4. The van der Waals surface area contributed by atoms with E-state index in [9.17, 15) is 4.39 Å². The third-order valence-electron chi connectivity index (χ3n) is 3.57. The van der Waals surface area contributed by atoms with Gasteiger partial charge in [-0.1, -0.05) is 17.3 Å². The number of aromatic nitrogens is 3. The van der Waals surface area contributed by atoms with Gasteiger partial charge in [-0.05, 0) is 6.07 Å². The van der Waals surface area contributed by atoms with Gasteiger partial charge in [0, 0.05) is 30.8 Å². The molecule has 1 aliphatic rings. The van der Waals surface area contributed by atoms with E-state index in [-0.39, 0.29) is 11.7 Å². The lowest BCUT2D eigenvalue weighted by molar-refractivity contribution is 0.206. The van der Waals surface area contributed by atoms with Gasteiger partial charge in [0.25, 0.3) is 0 Å². The van der Waals surface area contributed by atoms with Crippen molar-refractivity contribution in [1.29, 1.82) is 0 Å². The van der Waals surface area contributed by atoms with Crippen molar-refractivity contribution < 1.29 is 9.60 Å². The van der Waals surface area contributed by atoms with Crippen molar-refractivity contribution in [3.05, 3.63) is 47.3 Å². The number of amidine groups is 1. The van der Waals surface area contributed by atoms with Gasteiger partial charge in [-0.25, -0.2) is 4.39 Å². The maximum absolute atomic E-state index is 14.1. The first-order valence-corrected chi connectivity index (χ1v) is 6.52. The van der Waals surface area contributed by atoms with Crippen LogP contribution in [-0.4, -0.2) is 37.3 Å². The van der Waals surface area contributed by atoms with Gasteiger partial charge >= 0.3 is 0 Å². The Hall–Kier alpha value is -2.48. The number of nitrogens with zero attached hydrogens (tertiary/aromatic N) is 5. The third-order valence-corrected chi connectivity index (χ3v) is 3.57. The number of oxime groups is 1. The Bertz CT molecular complexity index is 683. The molecule has 8 heteroatoms. The predicted molar refractivity (Wildman–Crippen MR) is 73.0 cm³/mol. The van der Waals surface area contributed by atoms with Gasteiger partial charge in [0.1, 0.15) is 18.0 Å². The molecule has 2 heterocycles. The lowest BCUT2D eigenvalue weighted by Crippen LogP contribution is -2.33. The van der Waals surface area contributed by atoms with Gasteiger partial charge in [0.15, 0.2) is 5.84 Å². The number of nitrogens with two attached hydrogens (primary N) is 1. The Morgan fingerprint density at radius 3 is 3.05 bits per heavy atom. The first kappa shape index (κ1) is 13.5. The molecule has 0 spiro atoms. The van der Waals surface area contributed by atoms with Gasteiger partial charge in [0.2, 0.25) is 0 Å². The van der Waals surface area contributed by atoms with Crippen molar-refractivity contribution >= 4 is 5.84 Å². The minimum absolute atomic E-state index is 0.105. The Morgan fingerprint density at radius 2 is 2.29 bits per heavy atom. The molecular formula is C13H15FN6O. The molecule has 3 N–H and O–H groups in total. The van der Waals surface area contributed by atoms with E-state index in [2.05, 4.69) is 20.3 Å². The fourth-order valence-electron chi connectivity index (χ4n) is 2.38. The maximum Gasteiger partial charge on any atom is 0.170 e. The average Bonchev–Trinajstić information content (AvgIpc) is 2.96. The van der Waals surface area contributed by atoms with Crippen LogP contribution in [-0.2, 0) is 19.6 Å². The van der Waals surface area contributed by atoms with Gasteiger partial charge in [-0.3, -0.25) is 4.90 Å². The predicted octanol–water partition coefficient (Wildman–Crippen LogP) is 0.527. The summed E-state index contributed by atoms with van der Waals surface area (Å²) in [4.78, 5) is 2.10. The molecule has 0 aliphatic carbocycles. The fourth-order valence-corrected chi connectivity index (χ4v) is 2.38. The van der Waals surface area contributed by atoms with E-state index in [0.29, 0.717) is 24.2 Å². The molecule has 21 heavy (non-hydrogen) atoms. The molecule has 0 amide bonds. The molecule has 0 bridgehead atoms. The van der Waals surface area contributed by atoms with E-state index in [1.165, 1.54) is 6.07 Å². The minimum atomic E-state index is -0.369. The zero-order valence-electron chi connectivity index (χ0n) is 11.3. The lowest BCUT2D eigenvalue weighted by atomic mass is 10.1. The second kappa shape index (κ2) is 5.49. The van der Waals surface area contributed by atoms with Gasteiger partial charge < -0.3 is 15.5 Å². The van der Waals surface area contributed by atoms with Crippen LogP contribution in [0.5, 0.6) is 0 Å². The zero-order chi connectivity index (χ0) is 14.8. The fraction of sp³-hybridized carbons (Fsp3) is 0.308. The largest absolute Gasteiger partial charge is 0.409 e. The summed E-state index contributed by atoms with van der Waals surface area (Å²) in [6.45, 7) is 2.73. The van der Waals surface area contributed by atoms with Crippen molar-refractivity contribution in [1.82, 2.24) is 19.7 Å². The molecule has 2 aromatic rings. The van der Waals surface area contributed by atoms with E-state index >= 15 is 0 Å². The first-order chi connectivity index (χ1) is 10.2.